The Morgan fingerprint density at radius 3 is 2.50 bits per heavy atom. The van der Waals surface area contributed by atoms with Crippen LogP contribution in [0.2, 0.25) is 0 Å². The molecule has 1 aromatic rings. The molecule has 0 aliphatic carbocycles. The van der Waals surface area contributed by atoms with Crippen LogP contribution < -0.4 is 10.6 Å². The van der Waals surface area contributed by atoms with Crippen molar-refractivity contribution in [2.45, 2.75) is 6.54 Å². The second kappa shape index (κ2) is 12.2. The summed E-state index contributed by atoms with van der Waals surface area (Å²) < 4.78 is 4.88. The molecule has 1 rings (SSSR count). The number of nitrogens with one attached hydrogen (secondary N) is 2. The number of nitrogens with zero attached hydrogens (tertiary/aromatic N) is 2. The molecule has 1 aromatic carbocycles. The van der Waals surface area contributed by atoms with Crippen molar-refractivity contribution in [2.75, 3.05) is 40.9 Å². The summed E-state index contributed by atoms with van der Waals surface area (Å²) in [6, 6.07) is 9.98. The maximum absolute atomic E-state index is 11.6. The molecule has 0 aliphatic heterocycles. The Bertz CT molecular complexity index is 452. The molecule has 22 heavy (non-hydrogen) atoms. The molecule has 0 aliphatic rings. The Hall–Kier alpha value is -1.35. The topological polar surface area (TPSA) is 66.0 Å². The van der Waals surface area contributed by atoms with E-state index in [2.05, 4.69) is 15.6 Å². The third-order valence-electron chi connectivity index (χ3n) is 2.71. The van der Waals surface area contributed by atoms with Crippen molar-refractivity contribution in [3.8, 4) is 0 Å². The third kappa shape index (κ3) is 8.83. The van der Waals surface area contributed by atoms with Gasteiger partial charge in [-0.25, -0.2) is 4.99 Å². The molecule has 0 aromatic heterocycles. The fourth-order valence-electron chi connectivity index (χ4n) is 1.62. The van der Waals surface area contributed by atoms with Gasteiger partial charge in [0.15, 0.2) is 5.96 Å². The van der Waals surface area contributed by atoms with Gasteiger partial charge in [0.25, 0.3) is 0 Å². The lowest BCUT2D eigenvalue weighted by atomic mass is 10.2. The van der Waals surface area contributed by atoms with E-state index in [0.717, 1.165) is 5.56 Å². The van der Waals surface area contributed by atoms with Gasteiger partial charge in [-0.1, -0.05) is 30.3 Å². The standard InChI is InChI=1S/C15H24N4O2.HI/c1-19(2)15(17-11-13-7-5-4-6-8-13)18-12-14(20)16-9-10-21-3;/h4-8H,9-12H2,1-3H3,(H,16,20)(H,17,18);1H. The van der Waals surface area contributed by atoms with E-state index in [4.69, 9.17) is 4.74 Å². The number of hydrogen-bond donors (Lipinski definition) is 2. The molecule has 124 valence electrons. The maximum Gasteiger partial charge on any atom is 0.239 e. The van der Waals surface area contributed by atoms with Gasteiger partial charge < -0.3 is 20.3 Å². The number of amides is 1. The summed E-state index contributed by atoms with van der Waals surface area (Å²) in [5.74, 6) is 0.599. The number of hydrogen-bond acceptors (Lipinski definition) is 3. The summed E-state index contributed by atoms with van der Waals surface area (Å²) in [7, 11) is 5.38. The van der Waals surface area contributed by atoms with E-state index in [1.807, 2.05) is 49.3 Å². The second-order valence-electron chi connectivity index (χ2n) is 4.72. The first kappa shape index (κ1) is 20.6. The largest absolute Gasteiger partial charge is 0.383 e. The van der Waals surface area contributed by atoms with Gasteiger partial charge in [-0.3, -0.25) is 4.79 Å². The molecule has 0 radical (unpaired) electrons. The molecule has 0 bridgehead atoms. The van der Waals surface area contributed by atoms with Crippen LogP contribution in [-0.2, 0) is 16.1 Å². The van der Waals surface area contributed by atoms with E-state index in [9.17, 15) is 4.79 Å². The number of halogens is 1. The Kier molecular flexibility index (Phi) is 11.5. The summed E-state index contributed by atoms with van der Waals surface area (Å²) in [4.78, 5) is 18.0. The van der Waals surface area contributed by atoms with Gasteiger partial charge >= 0.3 is 0 Å². The van der Waals surface area contributed by atoms with Crippen LogP contribution in [-0.4, -0.2) is 57.7 Å². The molecule has 0 spiro atoms. The molecule has 7 heteroatoms. The highest BCUT2D eigenvalue weighted by Crippen LogP contribution is 2.00. The zero-order valence-electron chi connectivity index (χ0n) is 13.3. The van der Waals surface area contributed by atoms with Crippen molar-refractivity contribution in [1.82, 2.24) is 15.5 Å². The van der Waals surface area contributed by atoms with Crippen LogP contribution >= 0.6 is 24.0 Å². The fraction of sp³-hybridized carbons (Fsp3) is 0.467. The van der Waals surface area contributed by atoms with E-state index in [0.29, 0.717) is 25.7 Å². The molecule has 0 heterocycles. The van der Waals surface area contributed by atoms with Crippen molar-refractivity contribution in [1.29, 1.82) is 0 Å². The number of aliphatic imine (C=N–C) groups is 1. The Labute approximate surface area is 149 Å². The van der Waals surface area contributed by atoms with Gasteiger partial charge in [0.2, 0.25) is 5.91 Å². The lowest BCUT2D eigenvalue weighted by Gasteiger charge is -2.17. The Balaban J connectivity index is 0.00000441. The van der Waals surface area contributed by atoms with Crippen molar-refractivity contribution in [2.24, 2.45) is 4.99 Å². The number of rotatable bonds is 7. The van der Waals surface area contributed by atoms with Crippen molar-refractivity contribution < 1.29 is 9.53 Å². The summed E-state index contributed by atoms with van der Waals surface area (Å²) in [6.45, 7) is 1.78. The number of guanidine groups is 1. The van der Waals surface area contributed by atoms with Crippen LogP contribution in [0.1, 0.15) is 5.56 Å². The number of carbonyl (C=O) groups is 1. The molecule has 0 fully saturated rings. The van der Waals surface area contributed by atoms with Crippen LogP contribution in [0.3, 0.4) is 0 Å². The van der Waals surface area contributed by atoms with Crippen molar-refractivity contribution >= 4 is 35.8 Å². The highest BCUT2D eigenvalue weighted by Gasteiger charge is 2.05. The number of carbonyl (C=O) groups excluding carboxylic acids is 1. The summed E-state index contributed by atoms with van der Waals surface area (Å²) in [5, 5.41) is 5.79. The Morgan fingerprint density at radius 2 is 1.91 bits per heavy atom. The van der Waals surface area contributed by atoms with Gasteiger partial charge in [-0.15, -0.1) is 24.0 Å². The third-order valence-corrected chi connectivity index (χ3v) is 2.71. The molecule has 0 saturated heterocycles. The van der Waals surface area contributed by atoms with Gasteiger partial charge in [-0.2, -0.15) is 0 Å². The summed E-state index contributed by atoms with van der Waals surface area (Å²) >= 11 is 0. The summed E-state index contributed by atoms with van der Waals surface area (Å²) in [5.41, 5.74) is 1.13. The lowest BCUT2D eigenvalue weighted by Crippen LogP contribution is -2.43. The van der Waals surface area contributed by atoms with Gasteiger partial charge in [0.1, 0.15) is 0 Å². The highest BCUT2D eigenvalue weighted by atomic mass is 127. The van der Waals surface area contributed by atoms with Gasteiger partial charge in [0.05, 0.1) is 19.7 Å². The average molecular weight is 420 g/mol. The Morgan fingerprint density at radius 1 is 1.23 bits per heavy atom. The van der Waals surface area contributed by atoms with Crippen LogP contribution in [0.5, 0.6) is 0 Å². The summed E-state index contributed by atoms with van der Waals surface area (Å²) in [6.07, 6.45) is 0. The zero-order chi connectivity index (χ0) is 15.5. The van der Waals surface area contributed by atoms with Gasteiger partial charge in [0, 0.05) is 27.7 Å². The van der Waals surface area contributed by atoms with Crippen molar-refractivity contribution in [3.05, 3.63) is 35.9 Å². The monoisotopic (exact) mass is 420 g/mol. The van der Waals surface area contributed by atoms with Crippen LogP contribution in [0.4, 0.5) is 0 Å². The fourth-order valence-corrected chi connectivity index (χ4v) is 1.62. The molecule has 0 unspecified atom stereocenters. The van der Waals surface area contributed by atoms with Gasteiger partial charge in [-0.05, 0) is 5.56 Å². The molecular weight excluding hydrogens is 395 g/mol. The van der Waals surface area contributed by atoms with E-state index in [1.165, 1.54) is 0 Å². The van der Waals surface area contributed by atoms with Crippen molar-refractivity contribution in [3.63, 3.8) is 0 Å². The van der Waals surface area contributed by atoms with Crippen LogP contribution in [0.25, 0.3) is 0 Å². The van der Waals surface area contributed by atoms with E-state index in [1.54, 1.807) is 7.11 Å². The van der Waals surface area contributed by atoms with E-state index >= 15 is 0 Å². The smallest absolute Gasteiger partial charge is 0.239 e. The number of ether oxygens (including phenoxy) is 1. The number of methoxy groups -OCH3 is 1. The second-order valence-corrected chi connectivity index (χ2v) is 4.72. The lowest BCUT2D eigenvalue weighted by molar-refractivity contribution is -0.120. The van der Waals surface area contributed by atoms with E-state index < -0.39 is 0 Å². The minimum Gasteiger partial charge on any atom is -0.383 e. The first-order valence-corrected chi connectivity index (χ1v) is 6.88. The molecular formula is C15H25IN4O2. The molecule has 0 saturated carbocycles. The minimum atomic E-state index is -0.0821. The quantitative estimate of drug-likeness (QED) is 0.300. The van der Waals surface area contributed by atoms with Crippen LogP contribution in [0.15, 0.2) is 35.3 Å². The first-order valence-electron chi connectivity index (χ1n) is 6.88. The zero-order valence-corrected chi connectivity index (χ0v) is 15.7. The average Bonchev–Trinajstić information content (AvgIpc) is 2.48. The molecule has 1 amide bonds. The maximum atomic E-state index is 11.6. The normalized spacial score (nSPS) is 10.6. The highest BCUT2D eigenvalue weighted by molar-refractivity contribution is 14.0. The SMILES string of the molecule is COCCNC(=O)CNC(=NCc1ccccc1)N(C)C.I. The molecule has 6 nitrogen and oxygen atoms in total. The predicted octanol–water partition coefficient (Wildman–Crippen LogP) is 1.07. The molecule has 0 atom stereocenters. The minimum absolute atomic E-state index is 0. The predicted molar refractivity (Wildman–Crippen MR) is 99.6 cm³/mol. The van der Waals surface area contributed by atoms with Crippen LogP contribution in [0, 0.1) is 0 Å². The van der Waals surface area contributed by atoms with E-state index in [-0.39, 0.29) is 36.4 Å². The molecule has 2 N–H and O–H groups in total. The number of benzene rings is 1. The first-order chi connectivity index (χ1) is 10.1.